The van der Waals surface area contributed by atoms with Crippen LogP contribution in [-0.2, 0) is 11.2 Å². The Hall–Kier alpha value is -4.57. The van der Waals surface area contributed by atoms with E-state index in [1.54, 1.807) is 18.3 Å². The molecule has 1 aliphatic heterocycles. The van der Waals surface area contributed by atoms with Gasteiger partial charge in [-0.15, -0.1) is 0 Å². The van der Waals surface area contributed by atoms with Crippen molar-refractivity contribution in [3.8, 4) is 22.8 Å². The summed E-state index contributed by atoms with van der Waals surface area (Å²) in [6, 6.07) is 10.6. The van der Waals surface area contributed by atoms with Gasteiger partial charge in [0.05, 0.1) is 25.5 Å². The van der Waals surface area contributed by atoms with Crippen LogP contribution >= 0.6 is 0 Å². The summed E-state index contributed by atoms with van der Waals surface area (Å²) in [6.45, 7) is 10.7. The number of benzene rings is 2. The molecule has 2 aromatic heterocycles. The first kappa shape index (κ1) is 28.9. The number of anilines is 3. The van der Waals surface area contributed by atoms with Gasteiger partial charge in [0, 0.05) is 73.2 Å². The molecule has 0 unspecified atom stereocenters. The third kappa shape index (κ3) is 5.89. The number of allylic oxidation sites excluding steroid dienone is 1. The lowest BCUT2D eigenvalue weighted by Crippen LogP contribution is -2.46. The molecule has 1 N–H and O–H groups in total. The van der Waals surface area contributed by atoms with E-state index in [0.717, 1.165) is 55.7 Å². The lowest BCUT2D eigenvalue weighted by atomic mass is 10.0. The van der Waals surface area contributed by atoms with Crippen LogP contribution in [0.25, 0.3) is 22.0 Å². The van der Waals surface area contributed by atoms with E-state index in [9.17, 15) is 4.79 Å². The van der Waals surface area contributed by atoms with Crippen molar-refractivity contribution in [2.24, 2.45) is 0 Å². The molecule has 10 heteroatoms. The summed E-state index contributed by atoms with van der Waals surface area (Å²) in [6.07, 6.45) is 4.67. The van der Waals surface area contributed by atoms with E-state index in [1.165, 1.54) is 26.5 Å². The van der Waals surface area contributed by atoms with E-state index >= 15 is 8.78 Å². The fraction of sp³-hybridized carbons (Fsp3) is 0.281. The summed E-state index contributed by atoms with van der Waals surface area (Å²) < 4.78 is 40.2. The van der Waals surface area contributed by atoms with E-state index in [4.69, 9.17) is 9.47 Å². The second kappa shape index (κ2) is 12.5. The lowest BCUT2D eigenvalue weighted by Gasteiger charge is -2.35. The number of nitrogens with zero attached hydrogens (tertiary/aromatic N) is 4. The van der Waals surface area contributed by atoms with Gasteiger partial charge in [-0.2, -0.15) is 0 Å². The van der Waals surface area contributed by atoms with Crippen LogP contribution in [0, 0.1) is 11.6 Å². The van der Waals surface area contributed by atoms with Gasteiger partial charge >= 0.3 is 0 Å². The van der Waals surface area contributed by atoms with Gasteiger partial charge in [0.2, 0.25) is 0 Å². The molecule has 4 aromatic rings. The van der Waals surface area contributed by atoms with E-state index in [-0.39, 0.29) is 35.0 Å². The number of carbonyl (C=O) groups excluding carboxylic acids is 1. The topological polar surface area (TPSA) is 79.8 Å². The molecule has 8 nitrogen and oxygen atoms in total. The van der Waals surface area contributed by atoms with Crippen LogP contribution in [0.15, 0.2) is 61.4 Å². The Kier molecular flexibility index (Phi) is 8.63. The third-order valence-electron chi connectivity index (χ3n) is 7.56. The number of pyridine rings is 2. The zero-order valence-corrected chi connectivity index (χ0v) is 23.9. The Morgan fingerprint density at radius 1 is 0.976 bits per heavy atom. The maximum Gasteiger partial charge on any atom is 0.177 e. The molecular formula is C32H33F2N5O3. The Morgan fingerprint density at radius 3 is 2.29 bits per heavy atom. The molecule has 2 aromatic carbocycles. The second-order valence-corrected chi connectivity index (χ2v) is 10.0. The first-order chi connectivity index (χ1) is 20.3. The summed E-state index contributed by atoms with van der Waals surface area (Å²) in [5.74, 6) is -1.58. The summed E-state index contributed by atoms with van der Waals surface area (Å²) in [5.41, 5.74) is 2.40. The van der Waals surface area contributed by atoms with Crippen LogP contribution in [0.4, 0.5) is 26.0 Å². The molecule has 3 heterocycles. The number of fused-ring (bicyclic) bond motifs is 1. The van der Waals surface area contributed by atoms with Gasteiger partial charge in [-0.05, 0) is 48.5 Å². The second-order valence-electron chi connectivity index (χ2n) is 10.0. The molecule has 1 fully saturated rings. The molecule has 218 valence electrons. The standard InChI is InChI=1S/C32H33F2N5O3/c1-5-24(40)14-20-13-23(39-11-9-38(6-2)10-12-39)7-8-25(20)37-29-16-22-18-35-26(15-21(22)19-36-29)30-31(33)27(41-3)17-28(42-4)32(30)34/h5,7-8,13,15-19H,1,6,9-12,14H2,2-4H3,(H,36,37). The quantitative estimate of drug-likeness (QED) is 0.240. The van der Waals surface area contributed by atoms with E-state index in [2.05, 4.69) is 38.6 Å². The summed E-state index contributed by atoms with van der Waals surface area (Å²) >= 11 is 0. The first-order valence-corrected chi connectivity index (χ1v) is 13.7. The predicted molar refractivity (Wildman–Crippen MR) is 161 cm³/mol. The van der Waals surface area contributed by atoms with Crippen molar-refractivity contribution in [1.29, 1.82) is 0 Å². The molecule has 0 radical (unpaired) electrons. The van der Waals surface area contributed by atoms with Gasteiger partial charge < -0.3 is 24.6 Å². The largest absolute Gasteiger partial charge is 0.494 e. The van der Waals surface area contributed by atoms with Crippen molar-refractivity contribution in [2.45, 2.75) is 13.3 Å². The van der Waals surface area contributed by atoms with Crippen LogP contribution in [0.2, 0.25) is 0 Å². The average Bonchev–Trinajstić information content (AvgIpc) is 3.02. The number of halogens is 2. The highest BCUT2D eigenvalue weighted by Gasteiger charge is 2.23. The summed E-state index contributed by atoms with van der Waals surface area (Å²) in [7, 11) is 2.59. The first-order valence-electron chi connectivity index (χ1n) is 13.7. The molecule has 42 heavy (non-hydrogen) atoms. The van der Waals surface area contributed by atoms with Crippen LogP contribution in [0.1, 0.15) is 12.5 Å². The predicted octanol–water partition coefficient (Wildman–Crippen LogP) is 5.78. The van der Waals surface area contributed by atoms with Gasteiger partial charge in [0.15, 0.2) is 28.9 Å². The monoisotopic (exact) mass is 573 g/mol. The van der Waals surface area contributed by atoms with Crippen LogP contribution in [-0.4, -0.2) is 67.6 Å². The van der Waals surface area contributed by atoms with E-state index in [1.807, 2.05) is 18.2 Å². The van der Waals surface area contributed by atoms with Crippen LogP contribution < -0.4 is 19.7 Å². The number of rotatable bonds is 10. The third-order valence-corrected chi connectivity index (χ3v) is 7.56. The Bertz CT molecular complexity index is 1610. The number of hydrogen-bond donors (Lipinski definition) is 1. The van der Waals surface area contributed by atoms with E-state index < -0.39 is 11.6 Å². The molecule has 0 saturated carbocycles. The number of nitrogens with one attached hydrogen (secondary N) is 1. The van der Waals surface area contributed by atoms with Crippen molar-refractivity contribution >= 4 is 33.7 Å². The lowest BCUT2D eigenvalue weighted by molar-refractivity contribution is -0.114. The fourth-order valence-corrected chi connectivity index (χ4v) is 5.12. The zero-order chi connectivity index (χ0) is 29.8. The number of carbonyl (C=O) groups is 1. The number of likely N-dealkylation sites (N-methyl/N-ethyl adjacent to an activating group) is 1. The molecule has 0 spiro atoms. The number of ketones is 1. The van der Waals surface area contributed by atoms with Crippen molar-refractivity contribution in [2.75, 3.05) is 57.2 Å². The Labute approximate surface area is 243 Å². The molecule has 0 aliphatic carbocycles. The van der Waals surface area contributed by atoms with Crippen molar-refractivity contribution in [3.63, 3.8) is 0 Å². The van der Waals surface area contributed by atoms with Gasteiger partial charge in [0.1, 0.15) is 5.82 Å². The maximum atomic E-state index is 15.1. The minimum Gasteiger partial charge on any atom is -0.494 e. The highest BCUT2D eigenvalue weighted by molar-refractivity contribution is 5.92. The highest BCUT2D eigenvalue weighted by Crippen LogP contribution is 2.38. The molecule has 1 saturated heterocycles. The molecule has 1 aliphatic rings. The van der Waals surface area contributed by atoms with Gasteiger partial charge in [-0.1, -0.05) is 13.5 Å². The molecule has 0 amide bonds. The SMILES string of the molecule is C=CC(=O)Cc1cc(N2CCN(CC)CC2)ccc1Nc1cc2cnc(-c3c(F)c(OC)cc(OC)c3F)cc2cn1. The minimum absolute atomic E-state index is 0.0807. The van der Waals surface area contributed by atoms with Gasteiger partial charge in [-0.3, -0.25) is 9.78 Å². The highest BCUT2D eigenvalue weighted by atomic mass is 19.1. The fourth-order valence-electron chi connectivity index (χ4n) is 5.12. The van der Waals surface area contributed by atoms with Crippen molar-refractivity contribution < 1.29 is 23.0 Å². The van der Waals surface area contributed by atoms with Crippen LogP contribution in [0.5, 0.6) is 11.5 Å². The number of aromatic nitrogens is 2. The number of piperazine rings is 1. The van der Waals surface area contributed by atoms with Gasteiger partial charge in [0.25, 0.3) is 0 Å². The Morgan fingerprint density at radius 2 is 1.64 bits per heavy atom. The average molecular weight is 574 g/mol. The number of methoxy groups -OCH3 is 2. The van der Waals surface area contributed by atoms with Crippen molar-refractivity contribution in [1.82, 2.24) is 14.9 Å². The summed E-state index contributed by atoms with van der Waals surface area (Å²) in [4.78, 5) is 25.9. The molecule has 5 rings (SSSR count). The molecule has 0 bridgehead atoms. The van der Waals surface area contributed by atoms with Crippen molar-refractivity contribution in [3.05, 3.63) is 78.6 Å². The van der Waals surface area contributed by atoms with Gasteiger partial charge in [-0.25, -0.2) is 13.8 Å². The Balaban J connectivity index is 1.44. The van der Waals surface area contributed by atoms with E-state index in [0.29, 0.717) is 16.6 Å². The summed E-state index contributed by atoms with van der Waals surface area (Å²) in [5, 5.41) is 4.67. The minimum atomic E-state index is -0.869. The van der Waals surface area contributed by atoms with Crippen LogP contribution in [0.3, 0.4) is 0 Å². The molecular weight excluding hydrogens is 540 g/mol. The zero-order valence-electron chi connectivity index (χ0n) is 23.9. The normalized spacial score (nSPS) is 13.7. The number of hydrogen-bond acceptors (Lipinski definition) is 8. The smallest absolute Gasteiger partial charge is 0.177 e. The molecule has 0 atom stereocenters. The maximum absolute atomic E-state index is 15.1. The number of ether oxygens (including phenoxy) is 2.